The Hall–Kier alpha value is -3.84. The molecule has 5 aliphatic heterocycles. The standard InChI is InChI=1S/C36H44N6O6/c1-2-36(46)28-19-30-32-23(20-42(30)33(43)27(28)22-47-34(36)44)18-25-26(21-39-16-10-37-11-17-39)31(7-6-29(25)38-32)48-35(45)41-14-8-24(9-15-41)40-12-4-3-5-13-40/h6-7,18-19,24,37,46H,2-5,8-17,20-22H2,1H3/t36-/m0/s1. The van der Waals surface area contributed by atoms with E-state index < -0.39 is 11.6 Å². The van der Waals surface area contributed by atoms with E-state index in [-0.39, 0.29) is 24.7 Å². The van der Waals surface area contributed by atoms with Crippen LogP contribution in [0.15, 0.2) is 29.1 Å². The van der Waals surface area contributed by atoms with Crippen molar-refractivity contribution in [3.63, 3.8) is 0 Å². The fourth-order valence-electron chi connectivity index (χ4n) is 8.30. The van der Waals surface area contributed by atoms with Gasteiger partial charge in [-0.05, 0) is 69.5 Å². The SMILES string of the molecule is CC[C@@]1(O)C(=O)OCc2c1cc1n(c2=O)Cc2cc3c(CN4CCNCC4)c(OC(=O)N4CCC(N5CCCCC5)CC4)ccc3nc2-1. The van der Waals surface area contributed by atoms with Crippen LogP contribution < -0.4 is 15.6 Å². The van der Waals surface area contributed by atoms with Crippen LogP contribution in [0.4, 0.5) is 4.79 Å². The number of benzene rings is 1. The number of carbonyl (C=O) groups excluding carboxylic acids is 2. The number of piperazine rings is 1. The highest BCUT2D eigenvalue weighted by Crippen LogP contribution is 2.40. The predicted molar refractivity (Wildman–Crippen MR) is 179 cm³/mol. The van der Waals surface area contributed by atoms with Crippen molar-refractivity contribution in [2.24, 2.45) is 0 Å². The first-order valence-electron chi connectivity index (χ1n) is 17.6. The summed E-state index contributed by atoms with van der Waals surface area (Å²) in [6.45, 7) is 9.67. The molecule has 0 unspecified atom stereocenters. The van der Waals surface area contributed by atoms with Crippen LogP contribution in [-0.2, 0) is 34.8 Å². The lowest BCUT2D eigenvalue weighted by Gasteiger charge is -2.39. The van der Waals surface area contributed by atoms with Gasteiger partial charge in [0.2, 0.25) is 0 Å². The smallest absolute Gasteiger partial charge is 0.415 e. The molecule has 12 nitrogen and oxygen atoms in total. The van der Waals surface area contributed by atoms with Gasteiger partial charge in [-0.3, -0.25) is 9.69 Å². The number of nitrogens with zero attached hydrogens (tertiary/aromatic N) is 5. The first-order chi connectivity index (χ1) is 23.3. The van der Waals surface area contributed by atoms with Gasteiger partial charge in [0.15, 0.2) is 5.60 Å². The minimum Gasteiger partial charge on any atom is -0.458 e. The number of nitrogens with one attached hydrogen (secondary N) is 1. The molecule has 0 spiro atoms. The van der Waals surface area contributed by atoms with Crippen LogP contribution in [0.2, 0.25) is 0 Å². The third-order valence-corrected chi connectivity index (χ3v) is 11.2. The molecule has 1 atom stereocenters. The molecule has 254 valence electrons. The summed E-state index contributed by atoms with van der Waals surface area (Å²) in [6, 6.07) is 8.06. The van der Waals surface area contributed by atoms with Crippen molar-refractivity contribution in [3.05, 3.63) is 56.9 Å². The van der Waals surface area contributed by atoms with E-state index in [2.05, 4.69) is 21.2 Å². The summed E-state index contributed by atoms with van der Waals surface area (Å²) in [4.78, 5) is 51.7. The molecular weight excluding hydrogens is 612 g/mol. The third-order valence-electron chi connectivity index (χ3n) is 11.2. The molecule has 3 aromatic rings. The highest BCUT2D eigenvalue weighted by Gasteiger charge is 2.45. The van der Waals surface area contributed by atoms with Crippen molar-refractivity contribution in [1.29, 1.82) is 0 Å². The molecule has 5 aliphatic rings. The third kappa shape index (κ3) is 5.39. The summed E-state index contributed by atoms with van der Waals surface area (Å²) in [7, 11) is 0. The summed E-state index contributed by atoms with van der Waals surface area (Å²) < 4.78 is 13.1. The largest absolute Gasteiger partial charge is 0.458 e. The van der Waals surface area contributed by atoms with Crippen molar-refractivity contribution in [1.82, 2.24) is 29.6 Å². The van der Waals surface area contributed by atoms with E-state index in [1.807, 2.05) is 17.0 Å². The molecule has 3 fully saturated rings. The lowest BCUT2D eigenvalue weighted by Crippen LogP contribution is -2.48. The number of aliphatic hydroxyl groups is 1. The van der Waals surface area contributed by atoms with Crippen molar-refractivity contribution in [3.8, 4) is 17.1 Å². The Balaban J connectivity index is 1.12. The maximum Gasteiger partial charge on any atom is 0.415 e. The summed E-state index contributed by atoms with van der Waals surface area (Å²) in [5, 5.41) is 15.5. The summed E-state index contributed by atoms with van der Waals surface area (Å²) in [6.07, 6.45) is 5.56. The molecular formula is C36H44N6O6. The van der Waals surface area contributed by atoms with Crippen LogP contribution in [0.5, 0.6) is 5.75 Å². The molecule has 7 heterocycles. The van der Waals surface area contributed by atoms with Gasteiger partial charge < -0.3 is 34.3 Å². The zero-order chi connectivity index (χ0) is 33.0. The van der Waals surface area contributed by atoms with Crippen LogP contribution in [0, 0.1) is 0 Å². The number of fused-ring (bicyclic) bond motifs is 5. The van der Waals surface area contributed by atoms with Crippen LogP contribution in [-0.4, -0.2) is 99.8 Å². The molecule has 0 bridgehead atoms. The van der Waals surface area contributed by atoms with E-state index in [0.717, 1.165) is 74.1 Å². The number of carbonyl (C=O) groups is 2. The van der Waals surface area contributed by atoms with Crippen molar-refractivity contribution in [2.45, 2.75) is 76.8 Å². The van der Waals surface area contributed by atoms with Crippen LogP contribution in [0.1, 0.15) is 67.7 Å². The summed E-state index contributed by atoms with van der Waals surface area (Å²) >= 11 is 0. The Kier molecular flexibility index (Phi) is 8.22. The number of ether oxygens (including phenoxy) is 2. The average molecular weight is 657 g/mol. The van der Waals surface area contributed by atoms with Crippen LogP contribution in [0.3, 0.4) is 0 Å². The second-order valence-electron chi connectivity index (χ2n) is 13.9. The van der Waals surface area contributed by atoms with E-state index in [0.29, 0.717) is 60.5 Å². The first-order valence-corrected chi connectivity index (χ1v) is 17.6. The number of aromatic nitrogens is 2. The van der Waals surface area contributed by atoms with Gasteiger partial charge >= 0.3 is 12.1 Å². The van der Waals surface area contributed by atoms with Gasteiger partial charge in [0.1, 0.15) is 12.4 Å². The Morgan fingerprint density at radius 1 is 1.06 bits per heavy atom. The summed E-state index contributed by atoms with van der Waals surface area (Å²) in [5.74, 6) is -0.199. The van der Waals surface area contributed by atoms with Gasteiger partial charge in [0.25, 0.3) is 5.56 Å². The molecule has 3 saturated heterocycles. The Labute approximate surface area is 279 Å². The predicted octanol–water partition coefficient (Wildman–Crippen LogP) is 2.93. The monoisotopic (exact) mass is 656 g/mol. The van der Waals surface area contributed by atoms with Crippen molar-refractivity contribution in [2.75, 3.05) is 52.4 Å². The Morgan fingerprint density at radius 3 is 2.58 bits per heavy atom. The normalized spacial score (nSPS) is 23.5. The quantitative estimate of drug-likeness (QED) is 0.310. The van der Waals surface area contributed by atoms with E-state index in [1.54, 1.807) is 17.6 Å². The zero-order valence-corrected chi connectivity index (χ0v) is 27.6. The van der Waals surface area contributed by atoms with E-state index in [4.69, 9.17) is 14.5 Å². The number of rotatable bonds is 5. The molecule has 2 N–H and O–H groups in total. The molecule has 1 amide bonds. The number of esters is 1. The highest BCUT2D eigenvalue weighted by atomic mass is 16.6. The molecule has 0 saturated carbocycles. The topological polar surface area (TPSA) is 129 Å². The fourth-order valence-corrected chi connectivity index (χ4v) is 8.30. The fraction of sp³-hybridized carbons (Fsp3) is 0.556. The molecule has 0 aliphatic carbocycles. The van der Waals surface area contributed by atoms with E-state index >= 15 is 0 Å². The maximum absolute atomic E-state index is 13.7. The Bertz CT molecular complexity index is 1820. The molecule has 12 heteroatoms. The highest BCUT2D eigenvalue weighted by molar-refractivity contribution is 5.90. The first kappa shape index (κ1) is 31.4. The number of pyridine rings is 2. The van der Waals surface area contributed by atoms with Gasteiger partial charge in [-0.2, -0.15) is 0 Å². The lowest BCUT2D eigenvalue weighted by atomic mass is 9.86. The van der Waals surface area contributed by atoms with Gasteiger partial charge in [-0.15, -0.1) is 0 Å². The number of cyclic esters (lactones) is 1. The summed E-state index contributed by atoms with van der Waals surface area (Å²) in [5.41, 5.74) is 2.15. The van der Waals surface area contributed by atoms with Gasteiger partial charge in [-0.25, -0.2) is 14.6 Å². The lowest BCUT2D eigenvalue weighted by molar-refractivity contribution is -0.172. The van der Waals surface area contributed by atoms with Crippen molar-refractivity contribution >= 4 is 23.0 Å². The molecule has 1 aromatic carbocycles. The number of piperidine rings is 2. The number of hydrogen-bond acceptors (Lipinski definition) is 10. The van der Waals surface area contributed by atoms with Crippen LogP contribution >= 0.6 is 0 Å². The molecule has 8 rings (SSSR count). The van der Waals surface area contributed by atoms with Gasteiger partial charge in [0.05, 0.1) is 29.0 Å². The van der Waals surface area contributed by atoms with Gasteiger partial charge in [-0.1, -0.05) is 13.3 Å². The van der Waals surface area contributed by atoms with Crippen molar-refractivity contribution < 1.29 is 24.2 Å². The Morgan fingerprint density at radius 2 is 1.83 bits per heavy atom. The van der Waals surface area contributed by atoms with E-state index in [9.17, 15) is 19.5 Å². The minimum atomic E-state index is -1.88. The second kappa shape index (κ2) is 12.6. The zero-order valence-electron chi connectivity index (χ0n) is 27.6. The number of hydrogen-bond donors (Lipinski definition) is 2. The van der Waals surface area contributed by atoms with E-state index in [1.165, 1.54) is 19.3 Å². The minimum absolute atomic E-state index is 0.0903. The number of amides is 1. The average Bonchev–Trinajstić information content (AvgIpc) is 3.49. The van der Waals surface area contributed by atoms with Crippen LogP contribution in [0.25, 0.3) is 22.3 Å². The maximum atomic E-state index is 13.7. The molecule has 2 aromatic heterocycles. The molecule has 48 heavy (non-hydrogen) atoms. The second-order valence-corrected chi connectivity index (χ2v) is 13.9. The molecule has 0 radical (unpaired) electrons. The number of likely N-dealkylation sites (tertiary alicyclic amines) is 2. The van der Waals surface area contributed by atoms with Gasteiger partial charge in [0, 0.05) is 73.9 Å².